The number of Topliss-reactive ketones (excluding diaryl/α,β-unsaturated/α-hetero) is 2. The summed E-state index contributed by atoms with van der Waals surface area (Å²) < 4.78 is 13.6. The van der Waals surface area contributed by atoms with E-state index >= 15 is 0 Å². The second-order valence-electron chi connectivity index (χ2n) is 19.9. The molecule has 18 atom stereocenters. The molecule has 0 aromatic heterocycles. The number of rotatable bonds is 3. The van der Waals surface area contributed by atoms with E-state index in [1.807, 2.05) is 13.8 Å². The van der Waals surface area contributed by atoms with E-state index in [4.69, 9.17) is 19.2 Å². The van der Waals surface area contributed by atoms with Crippen molar-refractivity contribution in [1.29, 1.82) is 0 Å². The number of aliphatic hydroxyl groups is 2. The van der Waals surface area contributed by atoms with Crippen LogP contribution in [0.1, 0.15) is 131 Å². The number of carbonyl (C=O) groups excluding carboxylic acids is 2. The summed E-state index contributed by atoms with van der Waals surface area (Å²) in [7, 11) is 0. The van der Waals surface area contributed by atoms with Crippen LogP contribution in [0.3, 0.4) is 0 Å². The Morgan fingerprint density at radius 1 is 0.653 bits per heavy atom. The molecule has 0 radical (unpaired) electrons. The molecule has 1 saturated heterocycles. The van der Waals surface area contributed by atoms with Gasteiger partial charge in [0.05, 0.1) is 30.5 Å². The number of fused-ring (bicyclic) bond motifs is 14. The first kappa shape index (κ1) is 33.9. The molecule has 1 heterocycles. The van der Waals surface area contributed by atoms with Crippen molar-refractivity contribution in [3.63, 3.8) is 0 Å². The van der Waals surface area contributed by atoms with E-state index in [1.165, 1.54) is 0 Å². The van der Waals surface area contributed by atoms with Crippen LogP contribution < -0.4 is 0 Å². The molecule has 0 amide bonds. The summed E-state index contributed by atoms with van der Waals surface area (Å²) in [4.78, 5) is 39.3. The van der Waals surface area contributed by atoms with Gasteiger partial charge in [-0.2, -0.15) is 0 Å². The fraction of sp³-hybridized carbons (Fsp3) is 0.951. The average Bonchev–Trinajstić information content (AvgIpc) is 3.49. The van der Waals surface area contributed by atoms with E-state index in [9.17, 15) is 19.8 Å². The molecule has 2 N–H and O–H groups in total. The summed E-state index contributed by atoms with van der Waals surface area (Å²) in [6.07, 6.45) is 11.4. The number of carbonyl (C=O) groups is 2. The van der Waals surface area contributed by atoms with Crippen molar-refractivity contribution >= 4 is 11.6 Å². The Morgan fingerprint density at radius 3 is 2.20 bits per heavy atom. The molecule has 7 unspecified atom stereocenters. The fourth-order valence-electron chi connectivity index (χ4n) is 15.0. The standard InChI is InChI=1S/C41H62O8/c1-38(2)46-35-29-20-24(13-16-40(29,4)27-14-17-41(5)26(9-11-31(41)44)33(27)37(35)47-38)48-49-36-32-22-7-10-30(43)21(18-22)6-8-25(32)39(3)15-12-23(42)19-28(39)34(36)45/h21-29,32-37,42,45H,6-20H2,1-5H3/t21-,22-,23+,24+,25?,26?,27?,28?,29?,32?,33?,34-,35-,36-,37-,39-,40-,41+/m1/s1. The molecule has 8 heteroatoms. The van der Waals surface area contributed by atoms with E-state index in [0.717, 1.165) is 77.0 Å². The van der Waals surface area contributed by atoms with Gasteiger partial charge in [0, 0.05) is 24.2 Å². The summed E-state index contributed by atoms with van der Waals surface area (Å²) in [5.74, 6) is 2.59. The molecule has 8 aliphatic carbocycles. The smallest absolute Gasteiger partial charge is 0.163 e. The summed E-state index contributed by atoms with van der Waals surface area (Å²) >= 11 is 0. The van der Waals surface area contributed by atoms with Gasteiger partial charge in [-0.15, -0.1) is 0 Å². The van der Waals surface area contributed by atoms with E-state index < -0.39 is 24.1 Å². The lowest BCUT2D eigenvalue weighted by atomic mass is 9.44. The monoisotopic (exact) mass is 682 g/mol. The highest BCUT2D eigenvalue weighted by Gasteiger charge is 2.69. The Kier molecular flexibility index (Phi) is 7.99. The molecule has 9 fully saturated rings. The number of aliphatic hydroxyl groups excluding tert-OH is 2. The minimum absolute atomic E-state index is 0.0162. The maximum absolute atomic E-state index is 13.2. The normalized spacial score (nSPS) is 57.6. The van der Waals surface area contributed by atoms with Crippen LogP contribution in [0.5, 0.6) is 0 Å². The molecule has 0 aromatic carbocycles. The van der Waals surface area contributed by atoms with Gasteiger partial charge in [0.25, 0.3) is 0 Å². The maximum atomic E-state index is 13.2. The lowest BCUT2D eigenvalue weighted by molar-refractivity contribution is -0.400. The molecule has 1 aliphatic heterocycles. The van der Waals surface area contributed by atoms with Crippen molar-refractivity contribution in [2.75, 3.05) is 0 Å². The molecule has 8 nitrogen and oxygen atoms in total. The van der Waals surface area contributed by atoms with Crippen LogP contribution in [0.2, 0.25) is 0 Å². The van der Waals surface area contributed by atoms with Crippen LogP contribution in [0, 0.1) is 69.5 Å². The van der Waals surface area contributed by atoms with Crippen molar-refractivity contribution in [1.82, 2.24) is 0 Å². The quantitative estimate of drug-likeness (QED) is 0.254. The lowest BCUT2D eigenvalue weighted by Crippen LogP contribution is -2.63. The molecular weight excluding hydrogens is 620 g/mol. The van der Waals surface area contributed by atoms with Crippen LogP contribution in [0.25, 0.3) is 0 Å². The molecule has 2 bridgehead atoms. The van der Waals surface area contributed by atoms with Crippen molar-refractivity contribution in [2.45, 2.75) is 173 Å². The average molecular weight is 683 g/mol. The number of ketones is 2. The molecule has 0 aromatic rings. The third-order valence-electron chi connectivity index (χ3n) is 17.5. The van der Waals surface area contributed by atoms with Crippen LogP contribution in [-0.4, -0.2) is 64.2 Å². The third-order valence-corrected chi connectivity index (χ3v) is 17.5. The van der Waals surface area contributed by atoms with Gasteiger partial charge >= 0.3 is 0 Å². The Bertz CT molecular complexity index is 1350. The fourth-order valence-corrected chi connectivity index (χ4v) is 15.0. The molecule has 8 saturated carbocycles. The Balaban J connectivity index is 0.976. The van der Waals surface area contributed by atoms with E-state index in [-0.39, 0.29) is 58.2 Å². The zero-order valence-electron chi connectivity index (χ0n) is 30.6. The largest absolute Gasteiger partial charge is 0.393 e. The predicted octanol–water partition coefficient (Wildman–Crippen LogP) is 6.58. The predicted molar refractivity (Wildman–Crippen MR) is 181 cm³/mol. The van der Waals surface area contributed by atoms with Gasteiger partial charge in [-0.1, -0.05) is 20.8 Å². The first-order valence-corrected chi connectivity index (χ1v) is 20.3. The highest BCUT2D eigenvalue weighted by atomic mass is 17.2. The molecule has 274 valence electrons. The van der Waals surface area contributed by atoms with Gasteiger partial charge < -0.3 is 19.7 Å². The van der Waals surface area contributed by atoms with Gasteiger partial charge in [-0.05, 0) is 155 Å². The highest BCUT2D eigenvalue weighted by molar-refractivity contribution is 5.87. The number of hydrogen-bond donors (Lipinski definition) is 2. The van der Waals surface area contributed by atoms with Gasteiger partial charge in [-0.25, -0.2) is 9.78 Å². The first-order chi connectivity index (χ1) is 23.2. The van der Waals surface area contributed by atoms with Crippen LogP contribution in [0.15, 0.2) is 0 Å². The lowest BCUT2D eigenvalue weighted by Gasteiger charge is -2.62. The molecule has 9 rings (SSSR count). The molecule has 9 aliphatic rings. The molecule has 49 heavy (non-hydrogen) atoms. The summed E-state index contributed by atoms with van der Waals surface area (Å²) in [6, 6.07) is 0. The molecule has 0 spiro atoms. The minimum atomic E-state index is -0.706. The van der Waals surface area contributed by atoms with E-state index in [0.29, 0.717) is 60.4 Å². The molecular formula is C41H62O8. The van der Waals surface area contributed by atoms with Crippen molar-refractivity contribution in [2.24, 2.45) is 69.5 Å². The Hall–Kier alpha value is -0.900. The second-order valence-corrected chi connectivity index (χ2v) is 19.9. The zero-order chi connectivity index (χ0) is 34.2. The van der Waals surface area contributed by atoms with Gasteiger partial charge in [0.1, 0.15) is 17.7 Å². The van der Waals surface area contributed by atoms with Crippen LogP contribution >= 0.6 is 0 Å². The minimum Gasteiger partial charge on any atom is -0.393 e. The Labute approximate surface area is 293 Å². The van der Waals surface area contributed by atoms with E-state index in [1.54, 1.807) is 0 Å². The summed E-state index contributed by atoms with van der Waals surface area (Å²) in [5.41, 5.74) is -0.231. The maximum Gasteiger partial charge on any atom is 0.163 e. The van der Waals surface area contributed by atoms with Crippen LogP contribution in [-0.2, 0) is 28.8 Å². The number of hydrogen-bond acceptors (Lipinski definition) is 8. The summed E-state index contributed by atoms with van der Waals surface area (Å²) in [5, 5.41) is 22.9. The number of ether oxygens (including phenoxy) is 2. The topological polar surface area (TPSA) is 112 Å². The SMILES string of the molecule is CC1(C)O[C@@H]2C3C(CC[C@]4(C)C(=O)CCC34)[C@@]3(C)CC[C@H](OO[C@@H]4C5C(CC[C@@H]6C[C@H]5CCC6=O)[C@@]5(C)CC[C@H](O)CC5[C@H]4O)CC3[C@H]2O1. The van der Waals surface area contributed by atoms with Crippen molar-refractivity contribution in [3.8, 4) is 0 Å². The first-order valence-electron chi connectivity index (χ1n) is 20.3. The van der Waals surface area contributed by atoms with E-state index in [2.05, 4.69) is 20.8 Å². The van der Waals surface area contributed by atoms with Gasteiger partial charge in [0.2, 0.25) is 0 Å². The van der Waals surface area contributed by atoms with Crippen molar-refractivity contribution in [3.05, 3.63) is 0 Å². The van der Waals surface area contributed by atoms with Gasteiger partial charge in [0.15, 0.2) is 5.79 Å². The van der Waals surface area contributed by atoms with Crippen molar-refractivity contribution < 1.29 is 39.1 Å². The third kappa shape index (κ3) is 4.95. The van der Waals surface area contributed by atoms with Crippen LogP contribution in [0.4, 0.5) is 0 Å². The highest BCUT2D eigenvalue weighted by Crippen LogP contribution is 2.68. The van der Waals surface area contributed by atoms with Gasteiger partial charge in [-0.3, -0.25) is 9.59 Å². The summed E-state index contributed by atoms with van der Waals surface area (Å²) in [6.45, 7) is 11.2. The zero-order valence-corrected chi connectivity index (χ0v) is 30.6. The Morgan fingerprint density at radius 2 is 1.39 bits per heavy atom. The second kappa shape index (κ2) is 11.5.